The van der Waals surface area contributed by atoms with Gasteiger partial charge in [-0.2, -0.15) is 0 Å². The third-order valence-corrected chi connectivity index (χ3v) is 8.23. The molecule has 0 N–H and O–H groups in total. The third-order valence-electron chi connectivity index (χ3n) is 7.19. The molecule has 2 heterocycles. The molecule has 0 saturated heterocycles. The number of benzene rings is 4. The lowest BCUT2D eigenvalue weighted by Crippen LogP contribution is -2.24. The number of carbonyl (C=O) groups is 1. The molecule has 45 heavy (non-hydrogen) atoms. The number of anilines is 2. The summed E-state index contributed by atoms with van der Waals surface area (Å²) < 4.78 is 16.4. The normalized spacial score (nSPS) is 11.8. The second-order valence-corrected chi connectivity index (χ2v) is 10.7. The zero-order valence-corrected chi connectivity index (χ0v) is 28.0. The van der Waals surface area contributed by atoms with Gasteiger partial charge in [0.05, 0.1) is 49.0 Å². The molecule has 0 spiro atoms. The minimum Gasteiger partial charge on any atom is -0.497 e. The van der Waals surface area contributed by atoms with E-state index in [4.69, 9.17) is 19.2 Å². The Morgan fingerprint density at radius 2 is 1.47 bits per heavy atom. The maximum Gasteiger partial charge on any atom is 0.338 e. The Labute approximate surface area is 271 Å². The number of hydrogen-bond donors (Lipinski definition) is 0. The van der Waals surface area contributed by atoms with Crippen molar-refractivity contribution in [3.63, 3.8) is 0 Å². The van der Waals surface area contributed by atoms with E-state index < -0.39 is 0 Å². The molecule has 0 atom stereocenters. The molecule has 0 radical (unpaired) electrons. The van der Waals surface area contributed by atoms with Gasteiger partial charge in [0.25, 0.3) is 0 Å². The maximum atomic E-state index is 12.3. The number of aromatic nitrogens is 1. The molecule has 4 aromatic carbocycles. The van der Waals surface area contributed by atoms with E-state index in [9.17, 15) is 4.79 Å². The van der Waals surface area contributed by atoms with Crippen LogP contribution < -0.4 is 14.4 Å². The number of nitrogens with zero attached hydrogens (tertiary/aromatic N) is 2. The SMILES string of the molecule is CC.CC.CCOC(=O)c1ccc(-c2cc(-c3cc(OC)cc(OC)c3)c3cccc(N4CCSc5ccccc54)c3n2)cc1. The van der Waals surface area contributed by atoms with Gasteiger partial charge in [-0.25, -0.2) is 9.78 Å². The number of thioether (sulfide) groups is 1. The minimum atomic E-state index is -0.335. The number of pyridine rings is 1. The first-order valence-electron chi connectivity index (χ1n) is 15.5. The highest BCUT2D eigenvalue weighted by molar-refractivity contribution is 7.99. The van der Waals surface area contributed by atoms with Crippen molar-refractivity contribution in [2.24, 2.45) is 0 Å². The average Bonchev–Trinajstić information content (AvgIpc) is 3.12. The second-order valence-electron chi connectivity index (χ2n) is 9.60. The van der Waals surface area contributed by atoms with E-state index >= 15 is 0 Å². The average molecular weight is 623 g/mol. The van der Waals surface area contributed by atoms with Crippen LogP contribution in [0.25, 0.3) is 33.3 Å². The van der Waals surface area contributed by atoms with Crippen molar-refractivity contribution in [2.75, 3.05) is 38.0 Å². The lowest BCUT2D eigenvalue weighted by Gasteiger charge is -2.31. The number of ether oxygens (including phenoxy) is 3. The maximum absolute atomic E-state index is 12.3. The van der Waals surface area contributed by atoms with E-state index in [1.54, 1.807) is 33.3 Å². The Morgan fingerprint density at radius 1 is 0.800 bits per heavy atom. The molecule has 0 bridgehead atoms. The van der Waals surface area contributed by atoms with E-state index in [1.165, 1.54) is 10.6 Å². The van der Waals surface area contributed by atoms with Crippen LogP contribution in [0, 0.1) is 0 Å². The summed E-state index contributed by atoms with van der Waals surface area (Å²) in [4.78, 5) is 21.2. The van der Waals surface area contributed by atoms with Crippen molar-refractivity contribution in [1.82, 2.24) is 4.98 Å². The van der Waals surface area contributed by atoms with Gasteiger partial charge in [-0.1, -0.05) is 64.1 Å². The van der Waals surface area contributed by atoms with Gasteiger partial charge in [0, 0.05) is 34.2 Å². The zero-order chi connectivity index (χ0) is 32.3. The Bertz CT molecular complexity index is 1710. The van der Waals surface area contributed by atoms with Crippen LogP contribution in [0.1, 0.15) is 45.0 Å². The summed E-state index contributed by atoms with van der Waals surface area (Å²) in [7, 11) is 3.31. The quantitative estimate of drug-likeness (QED) is 0.167. The van der Waals surface area contributed by atoms with Gasteiger partial charge in [0.15, 0.2) is 0 Å². The molecular formula is C38H42N2O4S. The summed E-state index contributed by atoms with van der Waals surface area (Å²) >= 11 is 1.88. The highest BCUT2D eigenvalue weighted by atomic mass is 32.2. The van der Waals surface area contributed by atoms with Gasteiger partial charge in [-0.05, 0) is 66.6 Å². The molecule has 0 aliphatic carbocycles. The van der Waals surface area contributed by atoms with Gasteiger partial charge >= 0.3 is 5.97 Å². The summed E-state index contributed by atoms with van der Waals surface area (Å²) in [5.74, 6) is 2.08. The Kier molecular flexibility index (Phi) is 11.9. The molecule has 234 valence electrons. The van der Waals surface area contributed by atoms with Gasteiger partial charge in [0.1, 0.15) is 11.5 Å². The van der Waals surface area contributed by atoms with Crippen molar-refractivity contribution < 1.29 is 19.0 Å². The van der Waals surface area contributed by atoms with E-state index in [-0.39, 0.29) is 5.97 Å². The summed E-state index contributed by atoms with van der Waals surface area (Å²) in [6, 6.07) is 30.3. The molecule has 0 amide bonds. The van der Waals surface area contributed by atoms with E-state index in [0.717, 1.165) is 51.3 Å². The Balaban J connectivity index is 0.00000111. The predicted octanol–water partition coefficient (Wildman–Crippen LogP) is 10.1. The van der Waals surface area contributed by atoms with E-state index in [2.05, 4.69) is 53.4 Å². The molecule has 5 aromatic rings. The molecule has 6 nitrogen and oxygen atoms in total. The van der Waals surface area contributed by atoms with Gasteiger partial charge in [0.2, 0.25) is 0 Å². The monoisotopic (exact) mass is 622 g/mol. The summed E-state index contributed by atoms with van der Waals surface area (Å²) in [6.07, 6.45) is 0. The van der Waals surface area contributed by atoms with Crippen molar-refractivity contribution in [3.05, 3.63) is 96.6 Å². The molecular weight excluding hydrogens is 580 g/mol. The lowest BCUT2D eigenvalue weighted by molar-refractivity contribution is 0.0526. The van der Waals surface area contributed by atoms with Crippen LogP contribution in [-0.2, 0) is 4.74 Å². The zero-order valence-electron chi connectivity index (χ0n) is 27.2. The molecule has 0 saturated carbocycles. The predicted molar refractivity (Wildman–Crippen MR) is 189 cm³/mol. The highest BCUT2D eigenvalue weighted by Gasteiger charge is 2.22. The number of rotatable bonds is 7. The molecule has 1 aliphatic heterocycles. The molecule has 6 rings (SSSR count). The van der Waals surface area contributed by atoms with Gasteiger partial charge < -0.3 is 19.1 Å². The van der Waals surface area contributed by atoms with Gasteiger partial charge in [-0.3, -0.25) is 0 Å². The first-order chi connectivity index (χ1) is 22.1. The fraction of sp³-hybridized carbons (Fsp3) is 0.263. The van der Waals surface area contributed by atoms with Crippen LogP contribution in [-0.4, -0.2) is 44.1 Å². The van der Waals surface area contributed by atoms with E-state index in [0.29, 0.717) is 23.7 Å². The molecule has 0 fully saturated rings. The smallest absolute Gasteiger partial charge is 0.338 e. The van der Waals surface area contributed by atoms with Crippen molar-refractivity contribution in [2.45, 2.75) is 39.5 Å². The van der Waals surface area contributed by atoms with Crippen LogP contribution >= 0.6 is 11.8 Å². The summed E-state index contributed by atoms with van der Waals surface area (Å²) in [5, 5.41) is 1.03. The molecule has 1 aliphatic rings. The fourth-order valence-corrected chi connectivity index (χ4v) is 6.21. The van der Waals surface area contributed by atoms with Gasteiger partial charge in [-0.15, -0.1) is 11.8 Å². The molecule has 0 unspecified atom stereocenters. The van der Waals surface area contributed by atoms with Crippen LogP contribution in [0.2, 0.25) is 0 Å². The van der Waals surface area contributed by atoms with Crippen molar-refractivity contribution in [3.8, 4) is 33.9 Å². The van der Waals surface area contributed by atoms with Crippen LogP contribution in [0.5, 0.6) is 11.5 Å². The van der Waals surface area contributed by atoms with Crippen molar-refractivity contribution >= 4 is 40.0 Å². The largest absolute Gasteiger partial charge is 0.497 e. The number of fused-ring (bicyclic) bond motifs is 2. The summed E-state index contributed by atoms with van der Waals surface area (Å²) in [6.45, 7) is 11.0. The molecule has 7 heteroatoms. The topological polar surface area (TPSA) is 60.9 Å². The van der Waals surface area contributed by atoms with Crippen LogP contribution in [0.15, 0.2) is 95.9 Å². The fourth-order valence-electron chi connectivity index (χ4n) is 5.21. The third kappa shape index (κ3) is 7.26. The Morgan fingerprint density at radius 3 is 2.13 bits per heavy atom. The number of hydrogen-bond acceptors (Lipinski definition) is 7. The second kappa shape index (κ2) is 16.0. The van der Waals surface area contributed by atoms with Crippen LogP contribution in [0.4, 0.5) is 11.4 Å². The Hall–Kier alpha value is -4.49. The number of methoxy groups -OCH3 is 2. The lowest BCUT2D eigenvalue weighted by atomic mass is 9.96. The highest BCUT2D eigenvalue weighted by Crippen LogP contribution is 2.43. The number of para-hydroxylation sites is 2. The molecule has 1 aromatic heterocycles. The van der Waals surface area contributed by atoms with Crippen LogP contribution in [0.3, 0.4) is 0 Å². The number of esters is 1. The first-order valence-corrected chi connectivity index (χ1v) is 16.5. The van der Waals surface area contributed by atoms with Crippen molar-refractivity contribution in [1.29, 1.82) is 0 Å². The summed E-state index contributed by atoms with van der Waals surface area (Å²) in [5.41, 5.74) is 7.33. The first kappa shape index (κ1) is 33.4. The van der Waals surface area contributed by atoms with E-state index in [1.807, 2.05) is 69.8 Å². The number of carbonyl (C=O) groups excluding carboxylic acids is 1. The standard InChI is InChI=1S/C34H30N2O4S.2C2H6/c1-4-40-34(37)23-14-12-22(13-15-23)29-21-28(24-18-25(38-2)20-26(19-24)39-3)27-8-7-10-31(33(27)35-29)36-16-17-41-32-11-6-5-9-30(32)36;2*1-2/h5-15,18-21H,4,16-17H2,1-3H3;2*1-2H3. The minimum absolute atomic E-state index is 0.334.